The Morgan fingerprint density at radius 2 is 2.28 bits per heavy atom. The molecule has 0 aliphatic rings. The van der Waals surface area contributed by atoms with E-state index in [4.69, 9.17) is 0 Å². The zero-order valence-corrected chi connectivity index (χ0v) is 12.8. The average molecular weight is 327 g/mol. The fraction of sp³-hybridized carbons (Fsp3) is 0.333. The fourth-order valence-electron chi connectivity index (χ4n) is 1.52. The molecule has 0 fully saturated rings. The van der Waals surface area contributed by atoms with Gasteiger partial charge in [-0.15, -0.1) is 0 Å². The van der Waals surface area contributed by atoms with E-state index < -0.39 is 0 Å². The summed E-state index contributed by atoms with van der Waals surface area (Å²) >= 11 is 5.15. The van der Waals surface area contributed by atoms with Gasteiger partial charge in [0, 0.05) is 23.0 Å². The third-order valence-corrected chi connectivity index (χ3v) is 4.12. The lowest BCUT2D eigenvalue weighted by Gasteiger charge is -2.09. The van der Waals surface area contributed by atoms with E-state index in [0.717, 1.165) is 22.7 Å². The SMILES string of the molecule is CCNCc1cc(Br)ccc1Sc1ncnn1C. The molecule has 18 heavy (non-hydrogen) atoms. The lowest BCUT2D eigenvalue weighted by molar-refractivity contribution is 0.684. The Labute approximate surface area is 119 Å². The molecule has 0 saturated heterocycles. The zero-order chi connectivity index (χ0) is 13.0. The second kappa shape index (κ2) is 6.36. The van der Waals surface area contributed by atoms with Crippen LogP contribution in [0.3, 0.4) is 0 Å². The number of aromatic nitrogens is 3. The molecule has 0 atom stereocenters. The van der Waals surface area contributed by atoms with E-state index in [1.54, 1.807) is 22.8 Å². The molecule has 4 nitrogen and oxygen atoms in total. The lowest BCUT2D eigenvalue weighted by atomic mass is 10.2. The van der Waals surface area contributed by atoms with Crippen molar-refractivity contribution >= 4 is 27.7 Å². The van der Waals surface area contributed by atoms with Crippen molar-refractivity contribution in [3.8, 4) is 0 Å². The maximum atomic E-state index is 4.24. The molecule has 0 amide bonds. The predicted octanol–water partition coefficient (Wildman–Crippen LogP) is 2.84. The van der Waals surface area contributed by atoms with Gasteiger partial charge in [0.1, 0.15) is 6.33 Å². The number of aryl methyl sites for hydroxylation is 1. The topological polar surface area (TPSA) is 42.7 Å². The van der Waals surface area contributed by atoms with Crippen LogP contribution in [0.15, 0.2) is 39.1 Å². The van der Waals surface area contributed by atoms with Crippen molar-refractivity contribution in [1.82, 2.24) is 20.1 Å². The number of benzene rings is 1. The van der Waals surface area contributed by atoms with Crippen LogP contribution in [-0.2, 0) is 13.6 Å². The van der Waals surface area contributed by atoms with Crippen LogP contribution in [-0.4, -0.2) is 21.3 Å². The standard InChI is InChI=1S/C12H15BrN4S/c1-3-14-7-9-6-10(13)4-5-11(9)18-12-15-8-16-17(12)2/h4-6,8,14H,3,7H2,1-2H3. The predicted molar refractivity (Wildman–Crippen MR) is 76.6 cm³/mol. The minimum absolute atomic E-state index is 0.857. The number of halogens is 1. The Balaban J connectivity index is 2.23. The number of rotatable bonds is 5. The third kappa shape index (κ3) is 3.34. The quantitative estimate of drug-likeness (QED) is 0.917. The van der Waals surface area contributed by atoms with Crippen molar-refractivity contribution in [2.75, 3.05) is 6.54 Å². The number of nitrogens with one attached hydrogen (secondary N) is 1. The summed E-state index contributed by atoms with van der Waals surface area (Å²) in [4.78, 5) is 5.44. The molecule has 96 valence electrons. The second-order valence-corrected chi connectivity index (χ2v) is 5.73. The van der Waals surface area contributed by atoms with Crippen molar-refractivity contribution in [1.29, 1.82) is 0 Å². The van der Waals surface area contributed by atoms with Crippen molar-refractivity contribution in [2.24, 2.45) is 7.05 Å². The molecule has 1 aromatic heterocycles. The average Bonchev–Trinajstić information content (AvgIpc) is 2.75. The zero-order valence-electron chi connectivity index (χ0n) is 10.4. The summed E-state index contributed by atoms with van der Waals surface area (Å²) in [5.41, 5.74) is 1.26. The summed E-state index contributed by atoms with van der Waals surface area (Å²) in [6.07, 6.45) is 1.57. The van der Waals surface area contributed by atoms with Gasteiger partial charge in [-0.1, -0.05) is 22.9 Å². The van der Waals surface area contributed by atoms with Gasteiger partial charge in [-0.2, -0.15) is 5.10 Å². The highest BCUT2D eigenvalue weighted by Gasteiger charge is 2.08. The largest absolute Gasteiger partial charge is 0.313 e. The molecule has 1 aromatic carbocycles. The first-order valence-electron chi connectivity index (χ1n) is 5.71. The maximum Gasteiger partial charge on any atom is 0.190 e. The molecule has 6 heteroatoms. The minimum atomic E-state index is 0.857. The van der Waals surface area contributed by atoms with Gasteiger partial charge in [0.05, 0.1) is 0 Å². The van der Waals surface area contributed by atoms with Crippen LogP contribution < -0.4 is 5.32 Å². The Bertz CT molecular complexity index is 527. The molecule has 0 spiro atoms. The molecule has 0 aliphatic carbocycles. The Hall–Kier alpha value is -0.850. The van der Waals surface area contributed by atoms with Gasteiger partial charge >= 0.3 is 0 Å². The molecule has 1 N–H and O–H groups in total. The first kappa shape index (κ1) is 13.6. The van der Waals surface area contributed by atoms with Gasteiger partial charge in [0.2, 0.25) is 0 Å². The first-order valence-corrected chi connectivity index (χ1v) is 7.32. The Morgan fingerprint density at radius 3 is 2.94 bits per heavy atom. The van der Waals surface area contributed by atoms with Gasteiger partial charge in [-0.3, -0.25) is 0 Å². The molecule has 0 unspecified atom stereocenters. The van der Waals surface area contributed by atoms with Crippen LogP contribution in [0.4, 0.5) is 0 Å². The van der Waals surface area contributed by atoms with Gasteiger partial charge in [0.15, 0.2) is 5.16 Å². The normalized spacial score (nSPS) is 10.8. The number of nitrogens with zero attached hydrogens (tertiary/aromatic N) is 3. The molecular weight excluding hydrogens is 312 g/mol. The van der Waals surface area contributed by atoms with Gasteiger partial charge < -0.3 is 5.32 Å². The summed E-state index contributed by atoms with van der Waals surface area (Å²) in [5.74, 6) is 0. The van der Waals surface area contributed by atoms with Gasteiger partial charge in [0.25, 0.3) is 0 Å². The summed E-state index contributed by atoms with van der Waals surface area (Å²) < 4.78 is 2.88. The van der Waals surface area contributed by atoms with Crippen LogP contribution >= 0.6 is 27.7 Å². The van der Waals surface area contributed by atoms with Crippen LogP contribution in [0.2, 0.25) is 0 Å². The van der Waals surface area contributed by atoms with E-state index in [9.17, 15) is 0 Å². The molecule has 2 rings (SSSR count). The highest BCUT2D eigenvalue weighted by Crippen LogP contribution is 2.30. The summed E-state index contributed by atoms with van der Waals surface area (Å²) in [7, 11) is 1.90. The van der Waals surface area contributed by atoms with Crippen LogP contribution in [0, 0.1) is 0 Å². The summed E-state index contributed by atoms with van der Waals surface area (Å²) in [6, 6.07) is 6.30. The van der Waals surface area contributed by atoms with Crippen molar-refractivity contribution < 1.29 is 0 Å². The van der Waals surface area contributed by atoms with E-state index in [1.165, 1.54) is 10.5 Å². The van der Waals surface area contributed by atoms with E-state index in [2.05, 4.69) is 50.4 Å². The maximum absolute atomic E-state index is 4.24. The molecule has 0 radical (unpaired) electrons. The van der Waals surface area contributed by atoms with Crippen molar-refractivity contribution in [3.63, 3.8) is 0 Å². The van der Waals surface area contributed by atoms with Gasteiger partial charge in [-0.05, 0) is 42.1 Å². The van der Waals surface area contributed by atoms with Gasteiger partial charge in [-0.25, -0.2) is 9.67 Å². The lowest BCUT2D eigenvalue weighted by Crippen LogP contribution is -2.12. The fourth-order valence-corrected chi connectivity index (χ4v) is 2.80. The van der Waals surface area contributed by atoms with E-state index in [-0.39, 0.29) is 0 Å². The van der Waals surface area contributed by atoms with E-state index in [1.807, 2.05) is 13.1 Å². The van der Waals surface area contributed by atoms with E-state index >= 15 is 0 Å². The molecule has 0 saturated carbocycles. The Kier molecular flexibility index (Phi) is 4.79. The second-order valence-electron chi connectivity index (χ2n) is 3.80. The van der Waals surface area contributed by atoms with Crippen molar-refractivity contribution in [3.05, 3.63) is 34.6 Å². The molecule has 0 bridgehead atoms. The number of hydrogen-bond donors (Lipinski definition) is 1. The summed E-state index contributed by atoms with van der Waals surface area (Å²) in [5, 5.41) is 8.33. The Morgan fingerprint density at radius 1 is 1.44 bits per heavy atom. The highest BCUT2D eigenvalue weighted by molar-refractivity contribution is 9.10. The molecule has 0 aliphatic heterocycles. The van der Waals surface area contributed by atoms with E-state index in [0.29, 0.717) is 0 Å². The van der Waals surface area contributed by atoms with Crippen LogP contribution in [0.1, 0.15) is 12.5 Å². The van der Waals surface area contributed by atoms with Crippen LogP contribution in [0.25, 0.3) is 0 Å². The molecule has 1 heterocycles. The smallest absolute Gasteiger partial charge is 0.190 e. The number of hydrogen-bond acceptors (Lipinski definition) is 4. The molecular formula is C12H15BrN4S. The summed E-state index contributed by atoms with van der Waals surface area (Å²) in [6.45, 7) is 3.92. The third-order valence-electron chi connectivity index (χ3n) is 2.46. The first-order chi connectivity index (χ1) is 8.70. The molecule has 2 aromatic rings. The monoisotopic (exact) mass is 326 g/mol. The van der Waals surface area contributed by atoms with Crippen molar-refractivity contribution in [2.45, 2.75) is 23.5 Å². The minimum Gasteiger partial charge on any atom is -0.313 e. The van der Waals surface area contributed by atoms with Crippen LogP contribution in [0.5, 0.6) is 0 Å². The highest BCUT2D eigenvalue weighted by atomic mass is 79.9.